The summed E-state index contributed by atoms with van der Waals surface area (Å²) in [6.07, 6.45) is 8.86. The monoisotopic (exact) mass is 346 g/mol. The van der Waals surface area contributed by atoms with E-state index < -0.39 is 37.5 Å². The Morgan fingerprint density at radius 3 is 1.29 bits per heavy atom. The minimum Gasteiger partial charge on any atom is -0.147 e. The predicted molar refractivity (Wildman–Crippen MR) is 58.1 cm³/mol. The predicted octanol–water partition coefficient (Wildman–Crippen LogP) is 2.30. The van der Waals surface area contributed by atoms with Crippen LogP contribution in [0.1, 0.15) is 38.5 Å². The van der Waals surface area contributed by atoms with E-state index in [4.69, 9.17) is 0 Å². The summed E-state index contributed by atoms with van der Waals surface area (Å²) >= 11 is -0.519. The molecule has 4 heteroatoms. The summed E-state index contributed by atoms with van der Waals surface area (Å²) in [6.45, 7) is 5.72. The molecule has 0 N–H and O–H groups in total. The van der Waals surface area contributed by atoms with Gasteiger partial charge in [-0.05, 0) is 0 Å². The van der Waals surface area contributed by atoms with E-state index in [2.05, 4.69) is 1.97 Å². The fourth-order valence-electron chi connectivity index (χ4n) is 2.19. The van der Waals surface area contributed by atoms with Crippen LogP contribution in [0.15, 0.2) is 0 Å². The van der Waals surface area contributed by atoms with Crippen LogP contribution in [-0.4, -0.2) is 28.1 Å². The van der Waals surface area contributed by atoms with E-state index in [-0.39, 0.29) is 12.4 Å². The molecule has 14 heavy (non-hydrogen) atoms. The van der Waals surface area contributed by atoms with Gasteiger partial charge in [-0.15, -0.1) is 12.4 Å². The molecule has 0 spiro atoms. The Morgan fingerprint density at radius 2 is 0.929 bits per heavy atom. The third-order valence-corrected chi connectivity index (χ3v) is 7.68. The van der Waals surface area contributed by atoms with Crippen LogP contribution < -0.4 is 0 Å². The summed E-state index contributed by atoms with van der Waals surface area (Å²) in [5.41, 5.74) is 0. The van der Waals surface area contributed by atoms with Gasteiger partial charge in [-0.25, -0.2) is 0 Å². The SMILES string of the molecule is C1CC[N]([Nd][N]2CCCCC2)CC1.Cl. The summed E-state index contributed by atoms with van der Waals surface area (Å²) in [4.78, 5) is 0. The maximum atomic E-state index is 2.83. The van der Waals surface area contributed by atoms with Gasteiger partial charge in [0.15, 0.2) is 0 Å². The van der Waals surface area contributed by atoms with Crippen molar-refractivity contribution in [2.75, 3.05) is 26.2 Å². The van der Waals surface area contributed by atoms with E-state index in [1.807, 2.05) is 0 Å². The molecule has 2 nitrogen and oxygen atoms in total. The van der Waals surface area contributed by atoms with E-state index >= 15 is 0 Å². The fourth-order valence-corrected chi connectivity index (χ4v) is 6.78. The second-order valence-corrected chi connectivity index (χ2v) is 8.89. The van der Waals surface area contributed by atoms with Gasteiger partial charge in [-0.2, -0.15) is 0 Å². The first-order valence-electron chi connectivity index (χ1n) is 5.71. The Kier molecular flexibility index (Phi) is 7.56. The number of nitrogens with zero attached hydrogens (tertiary/aromatic N) is 2. The zero-order chi connectivity index (χ0) is 8.93. The minimum absolute atomic E-state index is 0. The van der Waals surface area contributed by atoms with Crippen molar-refractivity contribution < 1.29 is 37.5 Å². The van der Waals surface area contributed by atoms with Crippen molar-refractivity contribution in [2.45, 2.75) is 38.5 Å². The quantitative estimate of drug-likeness (QED) is 0.755. The van der Waals surface area contributed by atoms with Crippen LogP contribution in [-0.2, 0) is 0 Å². The zero-order valence-electron chi connectivity index (χ0n) is 8.87. The molecular formula is C10H21ClN2Nd. The maximum absolute atomic E-state index is 2.83. The van der Waals surface area contributed by atoms with Crippen molar-refractivity contribution in [1.29, 1.82) is 0 Å². The first-order valence-corrected chi connectivity index (χ1v) is 8.58. The van der Waals surface area contributed by atoms with Crippen molar-refractivity contribution in [2.24, 2.45) is 0 Å². The van der Waals surface area contributed by atoms with Crippen molar-refractivity contribution in [3.8, 4) is 0 Å². The van der Waals surface area contributed by atoms with Gasteiger partial charge in [0.2, 0.25) is 0 Å². The molecule has 2 saturated heterocycles. The van der Waals surface area contributed by atoms with Gasteiger partial charge in [0, 0.05) is 0 Å². The molecule has 0 saturated carbocycles. The van der Waals surface area contributed by atoms with E-state index in [1.54, 1.807) is 0 Å². The molecule has 2 aliphatic rings. The summed E-state index contributed by atoms with van der Waals surface area (Å²) in [7, 11) is 0. The number of hydrogen-bond acceptors (Lipinski definition) is 2. The molecule has 2 rings (SSSR count). The van der Waals surface area contributed by atoms with Gasteiger partial charge in [-0.3, -0.25) is 0 Å². The Bertz CT molecular complexity index is 129. The third kappa shape index (κ3) is 4.60. The number of rotatable bonds is 2. The van der Waals surface area contributed by atoms with Gasteiger partial charge in [-0.1, -0.05) is 0 Å². The summed E-state index contributed by atoms with van der Waals surface area (Å²) in [5.74, 6) is 0. The van der Waals surface area contributed by atoms with E-state index in [0.29, 0.717) is 0 Å². The molecule has 2 aliphatic heterocycles. The first kappa shape index (κ1) is 13.6. The standard InChI is InChI=1S/2C5H10N.ClH.Nd/c2*1-2-4-6-5-3-1;;/h2*1-5H2;1H;/q2*-1;;+2. The van der Waals surface area contributed by atoms with Gasteiger partial charge in [0.25, 0.3) is 0 Å². The average molecular weight is 349 g/mol. The van der Waals surface area contributed by atoms with E-state index in [9.17, 15) is 0 Å². The van der Waals surface area contributed by atoms with Crippen molar-refractivity contribution in [3.63, 3.8) is 0 Å². The van der Waals surface area contributed by atoms with Crippen LogP contribution in [0.2, 0.25) is 0 Å². The number of halogens is 1. The van der Waals surface area contributed by atoms with Gasteiger partial charge < -0.3 is 0 Å². The number of hydrogen-bond donors (Lipinski definition) is 0. The second kappa shape index (κ2) is 7.77. The Labute approximate surface area is 115 Å². The normalized spacial score (nSPS) is 25.4. The zero-order valence-corrected chi connectivity index (χ0v) is 12.9. The fraction of sp³-hybridized carbons (Fsp3) is 1.00. The molecule has 0 unspecified atom stereocenters. The molecule has 2 heterocycles. The second-order valence-electron chi connectivity index (χ2n) is 4.20. The van der Waals surface area contributed by atoms with Gasteiger partial charge in [0.1, 0.15) is 0 Å². The van der Waals surface area contributed by atoms with Crippen molar-refractivity contribution in [3.05, 3.63) is 0 Å². The molecular weight excluding hydrogens is 328 g/mol. The van der Waals surface area contributed by atoms with Gasteiger partial charge in [0.05, 0.1) is 0 Å². The molecule has 0 aromatic rings. The first-order chi connectivity index (χ1) is 6.45. The molecule has 82 valence electrons. The third-order valence-electron chi connectivity index (χ3n) is 2.99. The molecule has 0 aromatic heterocycles. The van der Waals surface area contributed by atoms with E-state index in [1.165, 1.54) is 64.7 Å². The van der Waals surface area contributed by atoms with Crippen LogP contribution in [0, 0.1) is 37.5 Å². The average Bonchev–Trinajstić information content (AvgIpc) is 2.21. The van der Waals surface area contributed by atoms with Crippen molar-refractivity contribution in [1.82, 2.24) is 1.97 Å². The van der Waals surface area contributed by atoms with Crippen LogP contribution in [0.4, 0.5) is 0 Å². The Balaban J connectivity index is 0.000000980. The van der Waals surface area contributed by atoms with Crippen LogP contribution in [0.5, 0.6) is 0 Å². The Hall–Kier alpha value is 1.56. The molecule has 0 atom stereocenters. The molecule has 0 radical (unpaired) electrons. The minimum atomic E-state index is -0.519. The molecule has 0 bridgehead atoms. The summed E-state index contributed by atoms with van der Waals surface area (Å²) in [6, 6.07) is 0. The van der Waals surface area contributed by atoms with Crippen LogP contribution >= 0.6 is 12.4 Å². The smallest absolute Gasteiger partial charge is 0.147 e. The number of piperidine rings is 2. The van der Waals surface area contributed by atoms with Gasteiger partial charge >= 0.3 is 104 Å². The largest absolute Gasteiger partial charge is 0.147 e. The molecule has 0 amide bonds. The van der Waals surface area contributed by atoms with E-state index in [0.717, 1.165) is 0 Å². The molecule has 2 fully saturated rings. The maximum Gasteiger partial charge on any atom is -0.147 e. The van der Waals surface area contributed by atoms with Crippen molar-refractivity contribution >= 4 is 12.4 Å². The molecule has 0 aromatic carbocycles. The van der Waals surface area contributed by atoms with Crippen LogP contribution in [0.25, 0.3) is 0 Å². The topological polar surface area (TPSA) is 6.48 Å². The molecule has 0 aliphatic carbocycles. The summed E-state index contributed by atoms with van der Waals surface area (Å²) in [5, 5.41) is 0. The Morgan fingerprint density at radius 1 is 0.571 bits per heavy atom. The van der Waals surface area contributed by atoms with Crippen LogP contribution in [0.3, 0.4) is 0 Å². The summed E-state index contributed by atoms with van der Waals surface area (Å²) < 4.78 is 5.66.